The Labute approximate surface area is 193 Å². The quantitative estimate of drug-likeness (QED) is 0.458. The van der Waals surface area contributed by atoms with E-state index in [-0.39, 0.29) is 6.10 Å². The molecule has 0 bridgehead atoms. The molecule has 6 nitrogen and oxygen atoms in total. The fourth-order valence-electron chi connectivity index (χ4n) is 4.39. The van der Waals surface area contributed by atoms with Crippen LogP contribution in [0.1, 0.15) is 41.2 Å². The van der Waals surface area contributed by atoms with Gasteiger partial charge in [0.05, 0.1) is 29.6 Å². The van der Waals surface area contributed by atoms with Crippen molar-refractivity contribution in [3.63, 3.8) is 0 Å². The van der Waals surface area contributed by atoms with Gasteiger partial charge >= 0.3 is 0 Å². The lowest BCUT2D eigenvalue weighted by Crippen LogP contribution is -2.28. The molecule has 0 aromatic heterocycles. The molecule has 0 fully saturated rings. The normalized spacial score (nSPS) is 17.0. The maximum Gasteiger partial charge on any atom is 0.124 e. The summed E-state index contributed by atoms with van der Waals surface area (Å²) < 4.78 is 6.41. The summed E-state index contributed by atoms with van der Waals surface area (Å²) in [5, 5.41) is 22.5. The van der Waals surface area contributed by atoms with Gasteiger partial charge in [0.25, 0.3) is 0 Å². The maximum absolute atomic E-state index is 9.20. The molecular formula is C27H25N5O. The number of hydrazine groups is 1. The zero-order chi connectivity index (χ0) is 22.6. The number of hydrogen-bond acceptors (Lipinski definition) is 6. The van der Waals surface area contributed by atoms with Crippen molar-refractivity contribution in [2.24, 2.45) is 0 Å². The second kappa shape index (κ2) is 9.19. The Morgan fingerprint density at radius 2 is 2.00 bits per heavy atom. The van der Waals surface area contributed by atoms with Crippen molar-refractivity contribution >= 4 is 17.6 Å². The highest BCUT2D eigenvalue weighted by Gasteiger charge is 2.23. The van der Waals surface area contributed by atoms with Crippen LogP contribution in [0.2, 0.25) is 0 Å². The molecule has 0 amide bonds. The third-order valence-electron chi connectivity index (χ3n) is 6.04. The van der Waals surface area contributed by atoms with Gasteiger partial charge in [-0.2, -0.15) is 5.26 Å². The summed E-state index contributed by atoms with van der Waals surface area (Å²) in [5.41, 5.74) is 10.1. The van der Waals surface area contributed by atoms with E-state index in [9.17, 15) is 5.26 Å². The summed E-state index contributed by atoms with van der Waals surface area (Å²) in [6.45, 7) is 0.661. The van der Waals surface area contributed by atoms with Crippen LogP contribution in [0.4, 0.5) is 11.4 Å². The van der Waals surface area contributed by atoms with Crippen LogP contribution in [0.25, 0.3) is 0 Å². The summed E-state index contributed by atoms with van der Waals surface area (Å²) >= 11 is 0. The predicted molar refractivity (Wildman–Crippen MR) is 130 cm³/mol. The molecule has 1 heterocycles. The fraction of sp³-hybridized carbons (Fsp3) is 0.185. The number of hydrogen-bond donors (Lipinski definition) is 3. The van der Waals surface area contributed by atoms with Crippen LogP contribution in [0.3, 0.4) is 0 Å². The first-order chi connectivity index (χ1) is 16.2. The van der Waals surface area contributed by atoms with Gasteiger partial charge in [-0.1, -0.05) is 24.3 Å². The van der Waals surface area contributed by atoms with E-state index < -0.39 is 0 Å². The summed E-state index contributed by atoms with van der Waals surface area (Å²) in [4.78, 5) is 0. The number of nitriles is 1. The van der Waals surface area contributed by atoms with E-state index in [2.05, 4.69) is 16.8 Å². The molecule has 3 aromatic carbocycles. The largest absolute Gasteiger partial charge is 0.486 e. The average Bonchev–Trinajstić information content (AvgIpc) is 3.33. The number of nitrogens with one attached hydrogen (secondary N) is 3. The molecule has 5 rings (SSSR count). The zero-order valence-electron chi connectivity index (χ0n) is 18.2. The minimum atomic E-state index is -0.0406. The number of fused-ring (bicyclic) bond motifs is 1. The predicted octanol–water partition coefficient (Wildman–Crippen LogP) is 5.29. The van der Waals surface area contributed by atoms with Gasteiger partial charge in [-0.05, 0) is 66.8 Å². The van der Waals surface area contributed by atoms with E-state index in [1.807, 2.05) is 77.9 Å². The number of ether oxygens (including phenoxy) is 1. The van der Waals surface area contributed by atoms with Gasteiger partial charge in [0.15, 0.2) is 0 Å². The van der Waals surface area contributed by atoms with E-state index in [0.29, 0.717) is 12.1 Å². The number of benzene rings is 3. The van der Waals surface area contributed by atoms with Crippen molar-refractivity contribution < 1.29 is 4.74 Å². The van der Waals surface area contributed by atoms with Gasteiger partial charge < -0.3 is 15.5 Å². The van der Waals surface area contributed by atoms with Gasteiger partial charge in [-0.3, -0.25) is 5.01 Å². The van der Waals surface area contributed by atoms with Crippen molar-refractivity contribution in [3.05, 3.63) is 101 Å². The fourth-order valence-corrected chi connectivity index (χ4v) is 4.39. The van der Waals surface area contributed by atoms with Crippen LogP contribution in [0, 0.1) is 16.7 Å². The first-order valence-electron chi connectivity index (χ1n) is 11.1. The second-order valence-electron chi connectivity index (χ2n) is 8.24. The first kappa shape index (κ1) is 20.8. The van der Waals surface area contributed by atoms with E-state index in [1.165, 1.54) is 11.8 Å². The Kier molecular flexibility index (Phi) is 5.79. The van der Waals surface area contributed by atoms with Crippen molar-refractivity contribution in [1.29, 1.82) is 10.7 Å². The lowest BCUT2D eigenvalue weighted by atomic mass is 9.88. The minimum Gasteiger partial charge on any atom is -0.486 e. The molecule has 1 unspecified atom stereocenters. The second-order valence-corrected chi connectivity index (χ2v) is 8.24. The molecule has 0 saturated carbocycles. The smallest absolute Gasteiger partial charge is 0.124 e. The molecule has 3 N–H and O–H groups in total. The Hall–Kier alpha value is -4.08. The molecular weight excluding hydrogens is 410 g/mol. The highest BCUT2D eigenvalue weighted by atomic mass is 16.5. The highest BCUT2D eigenvalue weighted by molar-refractivity contribution is 5.87. The molecule has 3 aromatic rings. The van der Waals surface area contributed by atoms with Crippen molar-refractivity contribution in [3.8, 4) is 11.8 Å². The van der Waals surface area contributed by atoms with Crippen molar-refractivity contribution in [2.75, 3.05) is 16.9 Å². The molecule has 0 saturated heterocycles. The topological polar surface area (TPSA) is 84.2 Å². The van der Waals surface area contributed by atoms with Gasteiger partial charge in [0.2, 0.25) is 0 Å². The molecule has 1 aliphatic heterocycles. The summed E-state index contributed by atoms with van der Waals surface area (Å²) in [6.07, 6.45) is 6.29. The molecule has 1 aliphatic carbocycles. The Morgan fingerprint density at radius 1 is 1.12 bits per heavy atom. The molecule has 2 aliphatic rings. The third kappa shape index (κ3) is 4.45. The van der Waals surface area contributed by atoms with Gasteiger partial charge in [0, 0.05) is 29.7 Å². The van der Waals surface area contributed by atoms with Crippen LogP contribution >= 0.6 is 0 Å². The van der Waals surface area contributed by atoms with Gasteiger partial charge in [-0.15, -0.1) is 0 Å². The van der Waals surface area contributed by atoms with Crippen LogP contribution in [-0.4, -0.2) is 12.8 Å². The van der Waals surface area contributed by atoms with Crippen molar-refractivity contribution in [1.82, 2.24) is 5.43 Å². The molecule has 1 atom stereocenters. The number of aryl methyl sites for hydroxylation is 1. The standard InChI is InChI=1S/C27H25N5O/c28-15-19-9-12-25-20(13-19)5-4-8-27(25)33-24-11-10-21(16-29)26(14-24)31-22-17-30-32(18-22)23-6-2-1-3-7-23/h1-3,6-7,9-14,16,18,27,29-31H,4-5,8,17H2. The number of anilines is 2. The summed E-state index contributed by atoms with van der Waals surface area (Å²) in [7, 11) is 0. The number of nitrogens with zero attached hydrogens (tertiary/aromatic N) is 2. The summed E-state index contributed by atoms with van der Waals surface area (Å²) in [5.74, 6) is 0.761. The van der Waals surface area contributed by atoms with Gasteiger partial charge in [0.1, 0.15) is 11.9 Å². The van der Waals surface area contributed by atoms with E-state index in [1.54, 1.807) is 0 Å². The Bertz CT molecular complexity index is 1250. The van der Waals surface area contributed by atoms with Crippen LogP contribution in [0.5, 0.6) is 5.75 Å². The van der Waals surface area contributed by atoms with Crippen LogP contribution in [-0.2, 0) is 6.42 Å². The van der Waals surface area contributed by atoms with Crippen molar-refractivity contribution in [2.45, 2.75) is 25.4 Å². The highest BCUT2D eigenvalue weighted by Crippen LogP contribution is 2.35. The molecule has 0 spiro atoms. The van der Waals surface area contributed by atoms with E-state index in [4.69, 9.17) is 10.1 Å². The minimum absolute atomic E-state index is 0.0406. The maximum atomic E-state index is 9.20. The molecule has 33 heavy (non-hydrogen) atoms. The van der Waals surface area contributed by atoms with Crippen LogP contribution < -0.4 is 20.5 Å². The average molecular weight is 436 g/mol. The number of para-hydroxylation sites is 1. The third-order valence-corrected chi connectivity index (χ3v) is 6.04. The lowest BCUT2D eigenvalue weighted by Gasteiger charge is -2.27. The summed E-state index contributed by atoms with van der Waals surface area (Å²) in [6, 6.07) is 24.0. The monoisotopic (exact) mass is 435 g/mol. The van der Waals surface area contributed by atoms with Crippen LogP contribution in [0.15, 0.2) is 78.6 Å². The SMILES string of the molecule is N#Cc1ccc2c(c1)CCCC2Oc1ccc(C=N)c(NC2=CN(c3ccccc3)NC2)c1. The molecule has 0 radical (unpaired) electrons. The van der Waals surface area contributed by atoms with E-state index >= 15 is 0 Å². The number of rotatable bonds is 6. The van der Waals surface area contributed by atoms with Gasteiger partial charge in [-0.25, -0.2) is 5.43 Å². The zero-order valence-corrected chi connectivity index (χ0v) is 18.2. The lowest BCUT2D eigenvalue weighted by molar-refractivity contribution is 0.183. The van der Waals surface area contributed by atoms with E-state index in [0.717, 1.165) is 53.2 Å². The molecule has 6 heteroatoms. The Balaban J connectivity index is 1.36. The molecule has 164 valence electrons. The Morgan fingerprint density at radius 3 is 2.82 bits per heavy atom. The first-order valence-corrected chi connectivity index (χ1v) is 11.1.